The summed E-state index contributed by atoms with van der Waals surface area (Å²) < 4.78 is 6.69. The Morgan fingerprint density at radius 2 is 2.23 bits per heavy atom. The van der Waals surface area contributed by atoms with Gasteiger partial charge in [0.15, 0.2) is 0 Å². The Bertz CT molecular complexity index is 678. The number of carbonyl (C=O) groups is 1. The van der Waals surface area contributed by atoms with E-state index in [1.165, 1.54) is 13.5 Å². The molecule has 2 aromatic rings. The predicted octanol–water partition coefficient (Wildman–Crippen LogP) is 2.71. The number of methoxy groups -OCH3 is 1. The third-order valence-electron chi connectivity index (χ3n) is 4.51. The second-order valence-electron chi connectivity index (χ2n) is 6.22. The molecule has 1 aliphatic heterocycles. The maximum atomic E-state index is 11.9. The zero-order valence-corrected chi connectivity index (χ0v) is 13.5. The van der Waals surface area contributed by atoms with Gasteiger partial charge in [0.25, 0.3) is 0 Å². The minimum absolute atomic E-state index is 0.331. The number of rotatable bonds is 3. The number of aromatic nitrogens is 2. The Morgan fingerprint density at radius 3 is 2.95 bits per heavy atom. The van der Waals surface area contributed by atoms with Crippen LogP contribution in [0.25, 0.3) is 5.65 Å². The average molecular weight is 301 g/mol. The standard InChI is InChI=1S/C17H23N3O2/c1-12(2)19-9-5-6-13(10-19)14-11-20-15(17(21)22-3)7-4-8-16(20)18-14/h4,7-8,11-13H,5-6,9-10H2,1-3H3. The minimum Gasteiger partial charge on any atom is -0.464 e. The van der Waals surface area contributed by atoms with E-state index in [0.29, 0.717) is 17.7 Å². The summed E-state index contributed by atoms with van der Waals surface area (Å²) in [5.41, 5.74) is 2.40. The number of esters is 1. The van der Waals surface area contributed by atoms with Gasteiger partial charge in [-0.1, -0.05) is 6.07 Å². The van der Waals surface area contributed by atoms with Gasteiger partial charge in [-0.05, 0) is 45.4 Å². The lowest BCUT2D eigenvalue weighted by molar-refractivity contribution is 0.0592. The van der Waals surface area contributed by atoms with Crippen LogP contribution in [0.3, 0.4) is 0 Å². The van der Waals surface area contributed by atoms with E-state index in [9.17, 15) is 4.79 Å². The molecule has 0 N–H and O–H groups in total. The Balaban J connectivity index is 1.93. The third-order valence-corrected chi connectivity index (χ3v) is 4.51. The van der Waals surface area contributed by atoms with Crippen molar-refractivity contribution in [2.75, 3.05) is 20.2 Å². The van der Waals surface area contributed by atoms with Crippen molar-refractivity contribution in [3.05, 3.63) is 35.8 Å². The molecule has 1 aliphatic rings. The number of piperidine rings is 1. The summed E-state index contributed by atoms with van der Waals surface area (Å²) in [6, 6.07) is 6.11. The van der Waals surface area contributed by atoms with E-state index in [1.807, 2.05) is 22.7 Å². The van der Waals surface area contributed by atoms with Crippen LogP contribution in [0.4, 0.5) is 0 Å². The summed E-state index contributed by atoms with van der Waals surface area (Å²) in [6.45, 7) is 6.67. The number of imidazole rings is 1. The molecule has 0 spiro atoms. The van der Waals surface area contributed by atoms with E-state index in [-0.39, 0.29) is 5.97 Å². The van der Waals surface area contributed by atoms with Crippen LogP contribution in [0.15, 0.2) is 24.4 Å². The molecule has 1 saturated heterocycles. The van der Waals surface area contributed by atoms with Crippen molar-refractivity contribution >= 4 is 11.6 Å². The number of hydrogen-bond acceptors (Lipinski definition) is 4. The molecule has 0 aromatic carbocycles. The van der Waals surface area contributed by atoms with Crippen molar-refractivity contribution in [2.45, 2.75) is 38.6 Å². The van der Waals surface area contributed by atoms with E-state index in [0.717, 1.165) is 30.9 Å². The molecule has 1 fully saturated rings. The van der Waals surface area contributed by atoms with Gasteiger partial charge in [0.05, 0.1) is 12.8 Å². The molecule has 0 amide bonds. The van der Waals surface area contributed by atoms with E-state index in [1.54, 1.807) is 6.07 Å². The Morgan fingerprint density at radius 1 is 1.41 bits per heavy atom. The fourth-order valence-electron chi connectivity index (χ4n) is 3.21. The average Bonchev–Trinajstić information content (AvgIpc) is 2.98. The Kier molecular flexibility index (Phi) is 4.16. The molecular formula is C17H23N3O2. The number of hydrogen-bond donors (Lipinski definition) is 0. The molecule has 1 unspecified atom stereocenters. The van der Waals surface area contributed by atoms with Gasteiger partial charge in [-0.2, -0.15) is 0 Å². The zero-order chi connectivity index (χ0) is 15.7. The minimum atomic E-state index is -0.331. The maximum absolute atomic E-state index is 11.9. The summed E-state index contributed by atoms with van der Waals surface area (Å²) in [6.07, 6.45) is 4.34. The molecule has 0 aliphatic carbocycles. The van der Waals surface area contributed by atoms with Crippen LogP contribution in [0, 0.1) is 0 Å². The van der Waals surface area contributed by atoms with Crippen LogP contribution < -0.4 is 0 Å². The van der Waals surface area contributed by atoms with Gasteiger partial charge in [-0.3, -0.25) is 4.40 Å². The van der Waals surface area contributed by atoms with Crippen molar-refractivity contribution in [3.8, 4) is 0 Å². The normalized spacial score (nSPS) is 19.7. The fourth-order valence-corrected chi connectivity index (χ4v) is 3.21. The zero-order valence-electron chi connectivity index (χ0n) is 13.5. The molecule has 0 saturated carbocycles. The van der Waals surface area contributed by atoms with Gasteiger partial charge in [-0.15, -0.1) is 0 Å². The van der Waals surface area contributed by atoms with Crippen molar-refractivity contribution in [1.82, 2.24) is 14.3 Å². The number of fused-ring (bicyclic) bond motifs is 1. The van der Waals surface area contributed by atoms with Crippen LogP contribution in [-0.4, -0.2) is 46.5 Å². The summed E-state index contributed by atoms with van der Waals surface area (Å²) in [4.78, 5) is 19.1. The molecule has 5 heteroatoms. The van der Waals surface area contributed by atoms with Crippen LogP contribution >= 0.6 is 0 Å². The van der Waals surface area contributed by atoms with Gasteiger partial charge in [0.2, 0.25) is 0 Å². The highest BCUT2D eigenvalue weighted by Gasteiger charge is 2.25. The first-order valence-corrected chi connectivity index (χ1v) is 7.90. The number of pyridine rings is 1. The summed E-state index contributed by atoms with van der Waals surface area (Å²) in [5.74, 6) is 0.101. The van der Waals surface area contributed by atoms with Crippen LogP contribution in [0.1, 0.15) is 48.8 Å². The SMILES string of the molecule is COC(=O)c1cccc2nc(C3CCCN(C(C)C)C3)cn12. The second-order valence-corrected chi connectivity index (χ2v) is 6.22. The highest BCUT2D eigenvalue weighted by molar-refractivity contribution is 5.88. The molecule has 0 radical (unpaired) electrons. The molecule has 22 heavy (non-hydrogen) atoms. The van der Waals surface area contributed by atoms with Gasteiger partial charge < -0.3 is 9.64 Å². The lowest BCUT2D eigenvalue weighted by atomic mass is 9.94. The van der Waals surface area contributed by atoms with Gasteiger partial charge in [-0.25, -0.2) is 9.78 Å². The smallest absolute Gasteiger partial charge is 0.355 e. The van der Waals surface area contributed by atoms with E-state index in [2.05, 4.69) is 18.7 Å². The molecule has 2 aromatic heterocycles. The molecule has 3 rings (SSSR count). The van der Waals surface area contributed by atoms with Crippen molar-refractivity contribution in [1.29, 1.82) is 0 Å². The first-order chi connectivity index (χ1) is 10.6. The quantitative estimate of drug-likeness (QED) is 0.818. The lowest BCUT2D eigenvalue weighted by Crippen LogP contribution is -2.39. The van der Waals surface area contributed by atoms with Gasteiger partial charge in [0, 0.05) is 24.7 Å². The highest BCUT2D eigenvalue weighted by Crippen LogP contribution is 2.28. The van der Waals surface area contributed by atoms with Crippen molar-refractivity contribution < 1.29 is 9.53 Å². The maximum Gasteiger partial charge on any atom is 0.355 e. The van der Waals surface area contributed by atoms with Crippen molar-refractivity contribution in [2.24, 2.45) is 0 Å². The molecule has 1 atom stereocenters. The molecular weight excluding hydrogens is 278 g/mol. The number of ether oxygens (including phenoxy) is 1. The van der Waals surface area contributed by atoms with Crippen LogP contribution in [0.5, 0.6) is 0 Å². The largest absolute Gasteiger partial charge is 0.464 e. The molecule has 0 bridgehead atoms. The van der Waals surface area contributed by atoms with E-state index in [4.69, 9.17) is 9.72 Å². The molecule has 118 valence electrons. The van der Waals surface area contributed by atoms with Gasteiger partial charge in [0.1, 0.15) is 11.3 Å². The monoisotopic (exact) mass is 301 g/mol. The Labute approximate surface area is 130 Å². The first-order valence-electron chi connectivity index (χ1n) is 7.90. The summed E-state index contributed by atoms with van der Waals surface area (Å²) >= 11 is 0. The third kappa shape index (κ3) is 2.73. The van der Waals surface area contributed by atoms with Gasteiger partial charge >= 0.3 is 5.97 Å². The van der Waals surface area contributed by atoms with E-state index >= 15 is 0 Å². The van der Waals surface area contributed by atoms with Crippen LogP contribution in [0.2, 0.25) is 0 Å². The van der Waals surface area contributed by atoms with Crippen LogP contribution in [-0.2, 0) is 4.74 Å². The second kappa shape index (κ2) is 6.08. The summed E-state index contributed by atoms with van der Waals surface area (Å²) in [5, 5.41) is 0. The fraction of sp³-hybridized carbons (Fsp3) is 0.529. The van der Waals surface area contributed by atoms with Crippen molar-refractivity contribution in [3.63, 3.8) is 0 Å². The molecule has 5 nitrogen and oxygen atoms in total. The number of nitrogens with zero attached hydrogens (tertiary/aromatic N) is 3. The Hall–Kier alpha value is -1.88. The number of carbonyl (C=O) groups excluding carboxylic acids is 1. The highest BCUT2D eigenvalue weighted by atomic mass is 16.5. The molecule has 3 heterocycles. The summed E-state index contributed by atoms with van der Waals surface area (Å²) in [7, 11) is 1.40. The first kappa shape index (κ1) is 15.0. The lowest BCUT2D eigenvalue weighted by Gasteiger charge is -2.34. The van der Waals surface area contributed by atoms with E-state index < -0.39 is 0 Å². The number of likely N-dealkylation sites (tertiary alicyclic amines) is 1. The predicted molar refractivity (Wildman–Crippen MR) is 85.2 cm³/mol. The topological polar surface area (TPSA) is 46.8 Å².